The molecule has 3 rings (SSSR count). The van der Waals surface area contributed by atoms with Crippen molar-refractivity contribution in [2.24, 2.45) is 0 Å². The lowest BCUT2D eigenvalue weighted by molar-refractivity contribution is 0.414. The summed E-state index contributed by atoms with van der Waals surface area (Å²) in [5.41, 5.74) is 0.984. The van der Waals surface area contributed by atoms with E-state index in [1.807, 2.05) is 29.6 Å². The molecule has 0 radical (unpaired) electrons. The van der Waals surface area contributed by atoms with Gasteiger partial charge in [-0.15, -0.1) is 11.3 Å². The van der Waals surface area contributed by atoms with Crippen LogP contribution >= 0.6 is 11.3 Å². The van der Waals surface area contributed by atoms with E-state index in [-0.39, 0.29) is 11.4 Å². The minimum atomic E-state index is -3.53. The van der Waals surface area contributed by atoms with Crippen molar-refractivity contribution in [3.63, 3.8) is 0 Å². The van der Waals surface area contributed by atoms with E-state index < -0.39 is 10.0 Å². The summed E-state index contributed by atoms with van der Waals surface area (Å²) in [4.78, 5) is 0.229. The molecule has 0 aliphatic heterocycles. The average Bonchev–Trinajstić information content (AvgIpc) is 2.96. The van der Waals surface area contributed by atoms with Crippen molar-refractivity contribution in [3.8, 4) is 5.75 Å². The molecule has 0 aliphatic carbocycles. The zero-order valence-electron chi connectivity index (χ0n) is 11.9. The number of hydrogen-bond acceptors (Lipinski definition) is 4. The molecule has 0 aliphatic rings. The minimum Gasteiger partial charge on any atom is -0.497 e. The largest absolute Gasteiger partial charge is 0.497 e. The molecule has 1 N–H and O–H groups in total. The number of fused-ring (bicyclic) bond motifs is 1. The van der Waals surface area contributed by atoms with Crippen LogP contribution in [0.2, 0.25) is 0 Å². The Bertz CT molecular complexity index is 883. The summed E-state index contributed by atoms with van der Waals surface area (Å²) in [6, 6.07) is 14.3. The zero-order valence-corrected chi connectivity index (χ0v) is 13.6. The van der Waals surface area contributed by atoms with Gasteiger partial charge in [-0.1, -0.05) is 18.2 Å². The van der Waals surface area contributed by atoms with Gasteiger partial charge in [0, 0.05) is 11.2 Å². The van der Waals surface area contributed by atoms with Crippen molar-refractivity contribution in [3.05, 3.63) is 59.5 Å². The lowest BCUT2D eigenvalue weighted by Crippen LogP contribution is -2.23. The highest BCUT2D eigenvalue weighted by Gasteiger charge is 2.14. The molecule has 0 amide bonds. The van der Waals surface area contributed by atoms with Gasteiger partial charge >= 0.3 is 0 Å². The maximum Gasteiger partial charge on any atom is 0.240 e. The summed E-state index contributed by atoms with van der Waals surface area (Å²) in [5, 5.41) is 3.08. The van der Waals surface area contributed by atoms with E-state index in [9.17, 15) is 8.42 Å². The van der Waals surface area contributed by atoms with Crippen LogP contribution < -0.4 is 9.46 Å². The second-order valence-corrected chi connectivity index (χ2v) is 7.44. The number of benzene rings is 2. The van der Waals surface area contributed by atoms with E-state index in [4.69, 9.17) is 4.74 Å². The predicted molar refractivity (Wildman–Crippen MR) is 88.8 cm³/mol. The molecule has 4 nitrogen and oxygen atoms in total. The summed E-state index contributed by atoms with van der Waals surface area (Å²) < 4.78 is 33.5. The molecular formula is C16H15NO3S2. The highest BCUT2D eigenvalue weighted by Crippen LogP contribution is 2.26. The van der Waals surface area contributed by atoms with Gasteiger partial charge in [0.2, 0.25) is 10.0 Å². The second-order valence-electron chi connectivity index (χ2n) is 4.76. The first-order chi connectivity index (χ1) is 10.6. The van der Waals surface area contributed by atoms with Crippen LogP contribution in [-0.2, 0) is 16.6 Å². The molecular weight excluding hydrogens is 318 g/mol. The van der Waals surface area contributed by atoms with Crippen LogP contribution in [0.25, 0.3) is 10.1 Å². The Morgan fingerprint density at radius 3 is 2.55 bits per heavy atom. The smallest absolute Gasteiger partial charge is 0.240 e. The van der Waals surface area contributed by atoms with Gasteiger partial charge in [-0.2, -0.15) is 0 Å². The Balaban J connectivity index is 1.79. The molecule has 0 atom stereocenters. The fourth-order valence-electron chi connectivity index (χ4n) is 2.18. The predicted octanol–water partition coefficient (Wildman–Crippen LogP) is 3.39. The van der Waals surface area contributed by atoms with Gasteiger partial charge in [-0.3, -0.25) is 0 Å². The normalized spacial score (nSPS) is 11.7. The minimum absolute atomic E-state index is 0.229. The zero-order chi connectivity index (χ0) is 15.6. The Morgan fingerprint density at radius 1 is 1.09 bits per heavy atom. The fraction of sp³-hybridized carbons (Fsp3) is 0.125. The number of ether oxygens (including phenoxy) is 1. The molecule has 1 aromatic heterocycles. The van der Waals surface area contributed by atoms with E-state index in [0.717, 1.165) is 15.6 Å². The molecule has 0 saturated heterocycles. The van der Waals surface area contributed by atoms with Crippen LogP contribution in [0.5, 0.6) is 5.75 Å². The van der Waals surface area contributed by atoms with Gasteiger partial charge in [0.05, 0.1) is 12.0 Å². The topological polar surface area (TPSA) is 55.4 Å². The molecule has 2 aromatic carbocycles. The van der Waals surface area contributed by atoms with Gasteiger partial charge in [0.15, 0.2) is 0 Å². The van der Waals surface area contributed by atoms with Gasteiger partial charge in [-0.05, 0) is 46.7 Å². The van der Waals surface area contributed by atoms with Crippen molar-refractivity contribution < 1.29 is 13.2 Å². The Hall–Kier alpha value is -1.89. The molecule has 0 spiro atoms. The molecule has 3 aromatic rings. The Morgan fingerprint density at radius 2 is 1.82 bits per heavy atom. The first-order valence-corrected chi connectivity index (χ1v) is 9.05. The van der Waals surface area contributed by atoms with Crippen LogP contribution in [0.3, 0.4) is 0 Å². The first kappa shape index (κ1) is 15.0. The van der Waals surface area contributed by atoms with Crippen LogP contribution in [0.4, 0.5) is 0 Å². The van der Waals surface area contributed by atoms with Gasteiger partial charge < -0.3 is 4.74 Å². The molecule has 1 heterocycles. The van der Waals surface area contributed by atoms with E-state index >= 15 is 0 Å². The first-order valence-electron chi connectivity index (χ1n) is 6.69. The van der Waals surface area contributed by atoms with E-state index in [1.165, 1.54) is 12.1 Å². The van der Waals surface area contributed by atoms with Gasteiger partial charge in [0.1, 0.15) is 5.75 Å². The Labute approximate surface area is 133 Å². The third-order valence-corrected chi connectivity index (χ3v) is 5.81. The quantitative estimate of drug-likeness (QED) is 0.779. The monoisotopic (exact) mass is 333 g/mol. The van der Waals surface area contributed by atoms with Gasteiger partial charge in [0.25, 0.3) is 0 Å². The maximum atomic E-state index is 12.3. The molecule has 0 saturated carbocycles. The van der Waals surface area contributed by atoms with Crippen molar-refractivity contribution in [1.82, 2.24) is 4.72 Å². The number of hydrogen-bond donors (Lipinski definition) is 1. The van der Waals surface area contributed by atoms with Crippen LogP contribution in [0, 0.1) is 0 Å². The Kier molecular flexibility index (Phi) is 4.15. The lowest BCUT2D eigenvalue weighted by atomic mass is 10.2. The lowest BCUT2D eigenvalue weighted by Gasteiger charge is -2.07. The fourth-order valence-corrected chi connectivity index (χ4v) is 4.15. The summed E-state index contributed by atoms with van der Waals surface area (Å²) >= 11 is 1.61. The number of nitrogens with one attached hydrogen (secondary N) is 1. The van der Waals surface area contributed by atoms with Crippen LogP contribution in [0.15, 0.2) is 58.8 Å². The third-order valence-electron chi connectivity index (χ3n) is 3.38. The molecule has 114 valence electrons. The van der Waals surface area contributed by atoms with Crippen molar-refractivity contribution in [2.75, 3.05) is 7.11 Å². The van der Waals surface area contributed by atoms with E-state index in [2.05, 4.69) is 4.72 Å². The maximum absolute atomic E-state index is 12.3. The molecule has 0 unspecified atom stereocenters. The molecule has 0 bridgehead atoms. The van der Waals surface area contributed by atoms with E-state index in [1.54, 1.807) is 30.6 Å². The molecule has 0 fully saturated rings. The highest BCUT2D eigenvalue weighted by atomic mass is 32.2. The number of sulfonamides is 1. The van der Waals surface area contributed by atoms with Gasteiger partial charge in [-0.25, -0.2) is 13.1 Å². The highest BCUT2D eigenvalue weighted by molar-refractivity contribution is 7.89. The number of methoxy groups -OCH3 is 1. The van der Waals surface area contributed by atoms with E-state index in [0.29, 0.717) is 5.75 Å². The van der Waals surface area contributed by atoms with Crippen molar-refractivity contribution in [1.29, 1.82) is 0 Å². The average molecular weight is 333 g/mol. The van der Waals surface area contributed by atoms with Crippen molar-refractivity contribution in [2.45, 2.75) is 11.4 Å². The standard InChI is InChI=1S/C16H15NO3S2/c1-20-13-6-8-14(9-7-13)22(18,19)17-10-12-11-21-16-5-3-2-4-15(12)16/h2-9,11,17H,10H2,1H3. The van der Waals surface area contributed by atoms with Crippen LogP contribution in [0.1, 0.15) is 5.56 Å². The number of thiophene rings is 1. The molecule has 22 heavy (non-hydrogen) atoms. The summed E-state index contributed by atoms with van der Waals surface area (Å²) in [6.45, 7) is 0.276. The second kappa shape index (κ2) is 6.08. The SMILES string of the molecule is COc1ccc(S(=O)(=O)NCc2csc3ccccc23)cc1. The molecule has 6 heteroatoms. The summed E-state index contributed by atoms with van der Waals surface area (Å²) in [5.74, 6) is 0.628. The third kappa shape index (κ3) is 2.99. The summed E-state index contributed by atoms with van der Waals surface area (Å²) in [6.07, 6.45) is 0. The van der Waals surface area contributed by atoms with Crippen molar-refractivity contribution >= 4 is 31.4 Å². The number of rotatable bonds is 5. The van der Waals surface area contributed by atoms with Crippen LogP contribution in [-0.4, -0.2) is 15.5 Å². The summed E-state index contributed by atoms with van der Waals surface area (Å²) in [7, 11) is -1.99.